The first-order valence-corrected chi connectivity index (χ1v) is 8.52. The SMILES string of the molecule is Cc1nc2c(c(N3CCCC3)n1)CN(Cc1cccnc1)CC2. The zero-order valence-electron chi connectivity index (χ0n) is 13.7. The molecule has 0 amide bonds. The molecule has 2 aliphatic heterocycles. The normalized spacial score (nSPS) is 18.2. The fraction of sp³-hybridized carbons (Fsp3) is 0.500. The van der Waals surface area contributed by atoms with E-state index in [0.29, 0.717) is 0 Å². The molecule has 4 heterocycles. The van der Waals surface area contributed by atoms with E-state index in [2.05, 4.69) is 20.9 Å². The summed E-state index contributed by atoms with van der Waals surface area (Å²) < 4.78 is 0. The van der Waals surface area contributed by atoms with Crippen LogP contribution in [0.15, 0.2) is 24.5 Å². The first kappa shape index (κ1) is 14.6. The van der Waals surface area contributed by atoms with Gasteiger partial charge in [0.15, 0.2) is 0 Å². The molecule has 2 aliphatic rings. The summed E-state index contributed by atoms with van der Waals surface area (Å²) in [5.41, 5.74) is 3.86. The van der Waals surface area contributed by atoms with Crippen LogP contribution in [-0.2, 0) is 19.5 Å². The minimum atomic E-state index is 0.909. The lowest BCUT2D eigenvalue weighted by atomic mass is 10.0. The van der Waals surface area contributed by atoms with Gasteiger partial charge in [-0.05, 0) is 31.4 Å². The molecule has 0 bridgehead atoms. The Morgan fingerprint density at radius 3 is 2.78 bits per heavy atom. The number of aromatic nitrogens is 3. The maximum Gasteiger partial charge on any atom is 0.137 e. The third-order valence-corrected chi connectivity index (χ3v) is 4.76. The Bertz CT molecular complexity index is 679. The molecule has 0 aliphatic carbocycles. The van der Waals surface area contributed by atoms with E-state index in [9.17, 15) is 0 Å². The molecule has 2 aromatic rings. The van der Waals surface area contributed by atoms with Crippen LogP contribution in [0.3, 0.4) is 0 Å². The number of hydrogen-bond donors (Lipinski definition) is 0. The van der Waals surface area contributed by atoms with E-state index >= 15 is 0 Å². The van der Waals surface area contributed by atoms with Gasteiger partial charge < -0.3 is 4.90 Å². The van der Waals surface area contributed by atoms with Crippen LogP contribution in [0.4, 0.5) is 5.82 Å². The van der Waals surface area contributed by atoms with Crippen molar-refractivity contribution in [1.29, 1.82) is 0 Å². The van der Waals surface area contributed by atoms with Gasteiger partial charge in [-0.2, -0.15) is 0 Å². The number of aryl methyl sites for hydroxylation is 1. The van der Waals surface area contributed by atoms with E-state index in [0.717, 1.165) is 45.0 Å². The minimum absolute atomic E-state index is 0.909. The number of hydrogen-bond acceptors (Lipinski definition) is 5. The molecule has 2 aromatic heterocycles. The average Bonchev–Trinajstić information content (AvgIpc) is 3.10. The molecule has 0 aromatic carbocycles. The lowest BCUT2D eigenvalue weighted by Crippen LogP contribution is -2.33. The molecule has 0 radical (unpaired) electrons. The number of pyridine rings is 1. The highest BCUT2D eigenvalue weighted by atomic mass is 15.2. The van der Waals surface area contributed by atoms with Crippen LogP contribution in [0.5, 0.6) is 0 Å². The quantitative estimate of drug-likeness (QED) is 0.871. The number of rotatable bonds is 3. The first-order valence-electron chi connectivity index (χ1n) is 8.52. The summed E-state index contributed by atoms with van der Waals surface area (Å²) in [6.45, 7) is 7.22. The third-order valence-electron chi connectivity index (χ3n) is 4.76. The highest BCUT2D eigenvalue weighted by Crippen LogP contribution is 2.29. The lowest BCUT2D eigenvalue weighted by Gasteiger charge is -2.31. The van der Waals surface area contributed by atoms with Gasteiger partial charge in [-0.15, -0.1) is 0 Å². The maximum atomic E-state index is 4.79. The summed E-state index contributed by atoms with van der Waals surface area (Å²) in [7, 11) is 0. The van der Waals surface area contributed by atoms with Crippen molar-refractivity contribution in [2.45, 2.75) is 39.3 Å². The van der Waals surface area contributed by atoms with Crippen LogP contribution in [-0.4, -0.2) is 39.5 Å². The first-order chi connectivity index (χ1) is 11.3. The molecule has 0 unspecified atom stereocenters. The standard InChI is InChI=1S/C18H23N5/c1-14-20-17-6-10-22(12-15-5-4-7-19-11-15)13-16(17)18(21-14)23-8-2-3-9-23/h4-5,7,11H,2-3,6,8-10,12-13H2,1H3. The second kappa shape index (κ2) is 6.24. The van der Waals surface area contributed by atoms with Crippen LogP contribution in [0, 0.1) is 6.92 Å². The van der Waals surface area contributed by atoms with Gasteiger partial charge in [-0.1, -0.05) is 6.07 Å². The number of fused-ring (bicyclic) bond motifs is 1. The molecule has 1 saturated heterocycles. The van der Waals surface area contributed by atoms with E-state index in [4.69, 9.17) is 9.97 Å². The molecule has 0 saturated carbocycles. The zero-order chi connectivity index (χ0) is 15.6. The van der Waals surface area contributed by atoms with E-state index in [-0.39, 0.29) is 0 Å². The average molecular weight is 309 g/mol. The molecule has 1 fully saturated rings. The highest BCUT2D eigenvalue weighted by molar-refractivity contribution is 5.50. The number of anilines is 1. The Balaban J connectivity index is 1.60. The summed E-state index contributed by atoms with van der Waals surface area (Å²) in [6, 6.07) is 4.16. The van der Waals surface area contributed by atoms with Crippen molar-refractivity contribution in [3.63, 3.8) is 0 Å². The second-order valence-corrected chi connectivity index (χ2v) is 6.54. The summed E-state index contributed by atoms with van der Waals surface area (Å²) in [4.78, 5) is 18.7. The molecule has 5 heteroatoms. The van der Waals surface area contributed by atoms with Crippen molar-refractivity contribution in [2.24, 2.45) is 0 Å². The Kier molecular flexibility index (Phi) is 3.95. The molecule has 4 rings (SSSR count). The van der Waals surface area contributed by atoms with E-state index in [1.54, 1.807) is 0 Å². The summed E-state index contributed by atoms with van der Waals surface area (Å²) in [5.74, 6) is 2.09. The third kappa shape index (κ3) is 3.06. The highest BCUT2D eigenvalue weighted by Gasteiger charge is 2.25. The van der Waals surface area contributed by atoms with Gasteiger partial charge in [0, 0.05) is 57.1 Å². The van der Waals surface area contributed by atoms with Crippen molar-refractivity contribution in [3.8, 4) is 0 Å². The Hall–Kier alpha value is -2.01. The maximum absolute atomic E-state index is 4.79. The summed E-state index contributed by atoms with van der Waals surface area (Å²) >= 11 is 0. The summed E-state index contributed by atoms with van der Waals surface area (Å²) in [6.07, 6.45) is 7.36. The van der Waals surface area contributed by atoms with E-state index in [1.165, 1.54) is 35.5 Å². The molecule has 120 valence electrons. The molecule has 0 N–H and O–H groups in total. The predicted octanol–water partition coefficient (Wildman–Crippen LogP) is 2.34. The fourth-order valence-corrected chi connectivity index (χ4v) is 3.65. The zero-order valence-corrected chi connectivity index (χ0v) is 13.7. The molecular weight excluding hydrogens is 286 g/mol. The fourth-order valence-electron chi connectivity index (χ4n) is 3.65. The van der Waals surface area contributed by atoms with Crippen LogP contribution in [0.1, 0.15) is 35.5 Å². The van der Waals surface area contributed by atoms with Gasteiger partial charge in [0.2, 0.25) is 0 Å². The monoisotopic (exact) mass is 309 g/mol. The van der Waals surface area contributed by atoms with Crippen LogP contribution in [0.2, 0.25) is 0 Å². The second-order valence-electron chi connectivity index (χ2n) is 6.54. The van der Waals surface area contributed by atoms with Gasteiger partial charge in [0.05, 0.1) is 5.69 Å². The van der Waals surface area contributed by atoms with Crippen molar-refractivity contribution in [1.82, 2.24) is 19.9 Å². The topological polar surface area (TPSA) is 45.2 Å². The molecular formula is C18H23N5. The molecule has 0 atom stereocenters. The lowest BCUT2D eigenvalue weighted by molar-refractivity contribution is 0.242. The smallest absolute Gasteiger partial charge is 0.137 e. The van der Waals surface area contributed by atoms with Crippen molar-refractivity contribution in [3.05, 3.63) is 47.2 Å². The Morgan fingerprint density at radius 1 is 1.13 bits per heavy atom. The van der Waals surface area contributed by atoms with Crippen molar-refractivity contribution in [2.75, 3.05) is 24.5 Å². The molecule has 5 nitrogen and oxygen atoms in total. The van der Waals surface area contributed by atoms with E-state index in [1.807, 2.05) is 25.4 Å². The van der Waals surface area contributed by atoms with Crippen molar-refractivity contribution < 1.29 is 0 Å². The van der Waals surface area contributed by atoms with Crippen LogP contribution < -0.4 is 4.90 Å². The number of nitrogens with zero attached hydrogens (tertiary/aromatic N) is 5. The molecule has 23 heavy (non-hydrogen) atoms. The van der Waals surface area contributed by atoms with E-state index < -0.39 is 0 Å². The van der Waals surface area contributed by atoms with Crippen LogP contribution >= 0.6 is 0 Å². The van der Waals surface area contributed by atoms with Gasteiger partial charge in [-0.25, -0.2) is 9.97 Å². The Morgan fingerprint density at radius 2 is 2.00 bits per heavy atom. The molecule has 0 spiro atoms. The van der Waals surface area contributed by atoms with Gasteiger partial charge in [-0.3, -0.25) is 9.88 Å². The minimum Gasteiger partial charge on any atom is -0.356 e. The predicted molar refractivity (Wildman–Crippen MR) is 90.3 cm³/mol. The van der Waals surface area contributed by atoms with Gasteiger partial charge in [0.25, 0.3) is 0 Å². The van der Waals surface area contributed by atoms with Crippen LogP contribution in [0.25, 0.3) is 0 Å². The Labute approximate surface area is 137 Å². The van der Waals surface area contributed by atoms with Gasteiger partial charge in [0.1, 0.15) is 11.6 Å². The largest absolute Gasteiger partial charge is 0.356 e. The van der Waals surface area contributed by atoms with Crippen molar-refractivity contribution >= 4 is 5.82 Å². The summed E-state index contributed by atoms with van der Waals surface area (Å²) in [5, 5.41) is 0. The van der Waals surface area contributed by atoms with Gasteiger partial charge >= 0.3 is 0 Å².